The van der Waals surface area contributed by atoms with Crippen LogP contribution >= 0.6 is 11.8 Å². The van der Waals surface area contributed by atoms with Gasteiger partial charge in [-0.25, -0.2) is 4.79 Å². The minimum atomic E-state index is -1.11. The zero-order valence-electron chi connectivity index (χ0n) is 9.10. The van der Waals surface area contributed by atoms with Crippen LogP contribution in [0.5, 0.6) is 0 Å². The van der Waals surface area contributed by atoms with E-state index in [0.29, 0.717) is 0 Å². The van der Waals surface area contributed by atoms with Crippen LogP contribution in [-0.4, -0.2) is 40.0 Å². The second kappa shape index (κ2) is 6.09. The van der Waals surface area contributed by atoms with Crippen LogP contribution in [0.25, 0.3) is 0 Å². The molecule has 92 valence electrons. The molecule has 0 aliphatic rings. The predicted octanol–water partition coefficient (Wildman–Crippen LogP) is -0.0791. The fraction of sp³-hybridized carbons (Fsp3) is 0.300. The van der Waals surface area contributed by atoms with Crippen LogP contribution in [-0.2, 0) is 4.79 Å². The molecule has 0 fully saturated rings. The topological polar surface area (TPSA) is 99.3 Å². The first-order chi connectivity index (χ1) is 8.04. The molecule has 1 amide bonds. The summed E-state index contributed by atoms with van der Waals surface area (Å²) in [5.41, 5.74) is -0.362. The van der Waals surface area contributed by atoms with Crippen LogP contribution in [0, 0.1) is 0 Å². The molecule has 0 saturated carbocycles. The van der Waals surface area contributed by atoms with Gasteiger partial charge in [-0.3, -0.25) is 9.59 Å². The number of thioether (sulfide) groups is 1. The molecule has 0 aromatic carbocycles. The zero-order valence-corrected chi connectivity index (χ0v) is 9.91. The Labute approximate surface area is 101 Å². The quantitative estimate of drug-likeness (QED) is 0.684. The lowest BCUT2D eigenvalue weighted by Gasteiger charge is -2.12. The number of carboxylic acid groups (broad SMARTS) is 1. The lowest BCUT2D eigenvalue weighted by molar-refractivity contribution is -0.138. The summed E-state index contributed by atoms with van der Waals surface area (Å²) in [5, 5.41) is 11.2. The first-order valence-corrected chi connectivity index (χ1v) is 6.16. The van der Waals surface area contributed by atoms with Gasteiger partial charge >= 0.3 is 5.97 Å². The number of rotatable bonds is 5. The number of H-pyrrole nitrogens is 1. The summed E-state index contributed by atoms with van der Waals surface area (Å²) in [6, 6.07) is 3.14. The Morgan fingerprint density at radius 3 is 2.76 bits per heavy atom. The van der Waals surface area contributed by atoms with Gasteiger partial charge < -0.3 is 15.4 Å². The molecule has 17 heavy (non-hydrogen) atoms. The maximum Gasteiger partial charge on any atom is 0.327 e. The summed E-state index contributed by atoms with van der Waals surface area (Å²) in [5.74, 6) is -1.45. The normalized spacial score (nSPS) is 11.8. The van der Waals surface area contributed by atoms with Crippen molar-refractivity contribution in [3.8, 4) is 0 Å². The Bertz CT molecular complexity index is 471. The number of carbonyl (C=O) groups excluding carboxylic acids is 1. The monoisotopic (exact) mass is 256 g/mol. The van der Waals surface area contributed by atoms with E-state index in [4.69, 9.17) is 5.11 Å². The molecule has 1 rings (SSSR count). The smallest absolute Gasteiger partial charge is 0.327 e. The molecule has 0 saturated heterocycles. The highest BCUT2D eigenvalue weighted by Gasteiger charge is 2.20. The first kappa shape index (κ1) is 13.3. The van der Waals surface area contributed by atoms with Crippen LogP contribution in [0.2, 0.25) is 0 Å². The lowest BCUT2D eigenvalue weighted by Crippen LogP contribution is -2.43. The highest BCUT2D eigenvalue weighted by Crippen LogP contribution is 1.99. The number of pyridine rings is 1. The van der Waals surface area contributed by atoms with Crippen molar-refractivity contribution in [2.45, 2.75) is 6.04 Å². The summed E-state index contributed by atoms with van der Waals surface area (Å²) >= 11 is 1.31. The van der Waals surface area contributed by atoms with E-state index in [0.717, 1.165) is 0 Å². The molecule has 1 atom stereocenters. The van der Waals surface area contributed by atoms with Gasteiger partial charge in [-0.1, -0.05) is 6.07 Å². The van der Waals surface area contributed by atoms with Crippen molar-refractivity contribution in [2.24, 2.45) is 0 Å². The highest BCUT2D eigenvalue weighted by atomic mass is 32.2. The number of aromatic amines is 1. The molecule has 0 aliphatic carbocycles. The minimum Gasteiger partial charge on any atom is -0.480 e. The molecule has 0 radical (unpaired) electrons. The van der Waals surface area contributed by atoms with E-state index in [9.17, 15) is 14.4 Å². The number of aliphatic carboxylic acids is 1. The van der Waals surface area contributed by atoms with Crippen LogP contribution in [0.3, 0.4) is 0 Å². The van der Waals surface area contributed by atoms with E-state index in [2.05, 4.69) is 10.3 Å². The van der Waals surface area contributed by atoms with Crippen LogP contribution in [0.4, 0.5) is 0 Å². The van der Waals surface area contributed by atoms with Crippen molar-refractivity contribution in [3.05, 3.63) is 34.2 Å². The zero-order chi connectivity index (χ0) is 12.8. The molecule has 0 spiro atoms. The van der Waals surface area contributed by atoms with Gasteiger partial charge in [-0.05, 0) is 12.3 Å². The Morgan fingerprint density at radius 2 is 2.24 bits per heavy atom. The summed E-state index contributed by atoms with van der Waals surface area (Å²) < 4.78 is 0. The number of amides is 1. The van der Waals surface area contributed by atoms with Crippen molar-refractivity contribution >= 4 is 23.6 Å². The van der Waals surface area contributed by atoms with Crippen molar-refractivity contribution in [3.63, 3.8) is 0 Å². The third-order valence-corrected chi connectivity index (χ3v) is 2.62. The number of hydrogen-bond acceptors (Lipinski definition) is 4. The SMILES string of the molecule is CSC[C@H](NC(=O)c1cccc(=O)[nH]1)C(=O)O. The molecular weight excluding hydrogens is 244 g/mol. The van der Waals surface area contributed by atoms with Gasteiger partial charge in [-0.15, -0.1) is 0 Å². The molecule has 0 unspecified atom stereocenters. The van der Waals surface area contributed by atoms with E-state index in [1.165, 1.54) is 30.0 Å². The van der Waals surface area contributed by atoms with E-state index in [-0.39, 0.29) is 11.4 Å². The van der Waals surface area contributed by atoms with Gasteiger partial charge in [0.2, 0.25) is 5.56 Å². The van der Waals surface area contributed by atoms with Gasteiger partial charge in [0, 0.05) is 11.8 Å². The van der Waals surface area contributed by atoms with Crippen molar-refractivity contribution < 1.29 is 14.7 Å². The molecule has 6 nitrogen and oxygen atoms in total. The Kier molecular flexibility index (Phi) is 4.77. The fourth-order valence-corrected chi connectivity index (χ4v) is 1.72. The third kappa shape index (κ3) is 3.95. The third-order valence-electron chi connectivity index (χ3n) is 1.95. The van der Waals surface area contributed by atoms with E-state index in [1.807, 2.05) is 0 Å². The molecule has 3 N–H and O–H groups in total. The van der Waals surface area contributed by atoms with Gasteiger partial charge in [-0.2, -0.15) is 11.8 Å². The summed E-state index contributed by atoms with van der Waals surface area (Å²) in [6.45, 7) is 0. The van der Waals surface area contributed by atoms with Gasteiger partial charge in [0.1, 0.15) is 11.7 Å². The maximum absolute atomic E-state index is 11.6. The van der Waals surface area contributed by atoms with Crippen molar-refractivity contribution in [1.82, 2.24) is 10.3 Å². The van der Waals surface area contributed by atoms with Gasteiger partial charge in [0.25, 0.3) is 5.91 Å². The summed E-state index contributed by atoms with van der Waals surface area (Å²) in [6.07, 6.45) is 1.74. The standard InChI is InChI=1S/C10H12N2O4S/c1-17-5-7(10(15)16)12-9(14)6-3-2-4-8(13)11-6/h2-4,7H,5H2,1H3,(H,11,13)(H,12,14)(H,15,16)/t7-/m0/s1. The number of carbonyl (C=O) groups is 2. The number of aromatic nitrogens is 1. The van der Waals surface area contributed by atoms with E-state index in [1.54, 1.807) is 6.26 Å². The summed E-state index contributed by atoms with van der Waals surface area (Å²) in [7, 11) is 0. The van der Waals surface area contributed by atoms with Crippen molar-refractivity contribution in [1.29, 1.82) is 0 Å². The Morgan fingerprint density at radius 1 is 1.53 bits per heavy atom. The molecule has 0 bridgehead atoms. The van der Waals surface area contributed by atoms with Crippen LogP contribution < -0.4 is 10.9 Å². The lowest BCUT2D eigenvalue weighted by atomic mass is 10.3. The Hall–Kier alpha value is -1.76. The number of nitrogens with one attached hydrogen (secondary N) is 2. The number of carboxylic acids is 1. The fourth-order valence-electron chi connectivity index (χ4n) is 1.16. The first-order valence-electron chi connectivity index (χ1n) is 4.76. The van der Waals surface area contributed by atoms with Crippen molar-refractivity contribution in [2.75, 3.05) is 12.0 Å². The van der Waals surface area contributed by atoms with E-state index >= 15 is 0 Å². The predicted molar refractivity (Wildman–Crippen MR) is 64.3 cm³/mol. The van der Waals surface area contributed by atoms with E-state index < -0.39 is 23.5 Å². The maximum atomic E-state index is 11.6. The molecule has 1 aromatic rings. The Balaban J connectivity index is 2.77. The molecule has 1 aromatic heterocycles. The van der Waals surface area contributed by atoms with Crippen LogP contribution in [0.15, 0.2) is 23.0 Å². The summed E-state index contributed by atoms with van der Waals surface area (Å²) in [4.78, 5) is 35.8. The molecule has 7 heteroatoms. The highest BCUT2D eigenvalue weighted by molar-refractivity contribution is 7.98. The second-order valence-electron chi connectivity index (χ2n) is 3.25. The molecule has 1 heterocycles. The van der Waals surface area contributed by atoms with Gasteiger partial charge in [0.05, 0.1) is 0 Å². The van der Waals surface area contributed by atoms with Gasteiger partial charge in [0.15, 0.2) is 0 Å². The average molecular weight is 256 g/mol. The second-order valence-corrected chi connectivity index (χ2v) is 4.16. The largest absolute Gasteiger partial charge is 0.480 e. The molecule has 0 aliphatic heterocycles. The molecular formula is C10H12N2O4S. The minimum absolute atomic E-state index is 0.0462. The van der Waals surface area contributed by atoms with Crippen LogP contribution in [0.1, 0.15) is 10.5 Å². The number of hydrogen-bond donors (Lipinski definition) is 3. The average Bonchev–Trinajstić information content (AvgIpc) is 2.28.